The zero-order valence-electron chi connectivity index (χ0n) is 15.7. The molecule has 1 aliphatic heterocycles. The summed E-state index contributed by atoms with van der Waals surface area (Å²) in [5.74, 6) is -0.892. The molecule has 3 N–H and O–H groups in total. The molecule has 1 aliphatic rings. The van der Waals surface area contributed by atoms with Crippen LogP contribution in [0.15, 0.2) is 35.1 Å². The highest BCUT2D eigenvalue weighted by molar-refractivity contribution is 5.93. The van der Waals surface area contributed by atoms with E-state index in [4.69, 9.17) is 19.9 Å². The number of benzene rings is 1. The number of carbonyl (C=O) groups is 1. The van der Waals surface area contributed by atoms with Crippen LogP contribution >= 0.6 is 0 Å². The van der Waals surface area contributed by atoms with Gasteiger partial charge in [-0.25, -0.2) is 8.78 Å². The fraction of sp³-hybridized carbons (Fsp3) is 0.368. The summed E-state index contributed by atoms with van der Waals surface area (Å²) in [6, 6.07) is 6.13. The molecule has 2 atom stereocenters. The molecule has 0 bridgehead atoms. The Hall–Kier alpha value is -2.99. The van der Waals surface area contributed by atoms with Gasteiger partial charge in [-0.15, -0.1) is 0 Å². The highest BCUT2D eigenvalue weighted by Crippen LogP contribution is 2.35. The Labute approximate surface area is 171 Å². The highest BCUT2D eigenvalue weighted by Gasteiger charge is 2.36. The Kier molecular flexibility index (Phi) is 6.60. The highest BCUT2D eigenvalue weighted by atomic mass is 19.4. The van der Waals surface area contributed by atoms with Gasteiger partial charge in [-0.1, -0.05) is 12.1 Å². The van der Waals surface area contributed by atoms with Crippen LogP contribution in [0.2, 0.25) is 0 Å². The average molecular weight is 448 g/mol. The van der Waals surface area contributed by atoms with Gasteiger partial charge in [0.1, 0.15) is 35.8 Å². The molecule has 3 rings (SSSR count). The van der Waals surface area contributed by atoms with Gasteiger partial charge in [0.2, 0.25) is 0 Å². The maximum Gasteiger partial charge on any atom is 0.431 e. The van der Waals surface area contributed by atoms with Crippen molar-refractivity contribution >= 4 is 5.91 Å². The van der Waals surface area contributed by atoms with Crippen LogP contribution in [0.5, 0.6) is 5.75 Å². The molecule has 1 saturated heterocycles. The fourth-order valence-corrected chi connectivity index (χ4v) is 2.88. The molecular formula is C19H17F5N2O5. The first kappa shape index (κ1) is 22.7. The summed E-state index contributed by atoms with van der Waals surface area (Å²) in [6.07, 6.45) is -9.40. The number of hydrogen-bond acceptors (Lipinski definition) is 5. The lowest BCUT2D eigenvalue weighted by atomic mass is 10.0. The monoisotopic (exact) mass is 448 g/mol. The largest absolute Gasteiger partial charge is 0.491 e. The maximum absolute atomic E-state index is 13.3. The number of amides is 1. The summed E-state index contributed by atoms with van der Waals surface area (Å²) >= 11 is 0. The van der Waals surface area contributed by atoms with E-state index < -0.39 is 53.1 Å². The first-order chi connectivity index (χ1) is 14.6. The van der Waals surface area contributed by atoms with Crippen molar-refractivity contribution in [3.8, 4) is 16.9 Å². The van der Waals surface area contributed by atoms with Crippen LogP contribution in [0, 0.1) is 0 Å². The van der Waals surface area contributed by atoms with Crippen LogP contribution in [0.3, 0.4) is 0 Å². The van der Waals surface area contributed by atoms with Crippen molar-refractivity contribution in [2.75, 3.05) is 19.8 Å². The summed E-state index contributed by atoms with van der Waals surface area (Å²) in [5.41, 5.74) is 1.50. The molecule has 0 aliphatic carbocycles. The number of primary amides is 1. The predicted octanol–water partition coefficient (Wildman–Crippen LogP) is 2.59. The third-order valence-electron chi connectivity index (χ3n) is 4.46. The second-order valence-corrected chi connectivity index (χ2v) is 6.66. The molecule has 0 saturated carbocycles. The fourth-order valence-electron chi connectivity index (χ4n) is 2.88. The van der Waals surface area contributed by atoms with E-state index >= 15 is 0 Å². The van der Waals surface area contributed by atoms with Gasteiger partial charge in [-0.3, -0.25) is 9.59 Å². The minimum atomic E-state index is -4.88. The van der Waals surface area contributed by atoms with E-state index in [1.165, 1.54) is 24.3 Å². The number of carbonyl (C=O) groups excluding carboxylic acids is 1. The number of rotatable bonds is 6. The Morgan fingerprint density at radius 1 is 1.19 bits per heavy atom. The molecule has 2 aromatic rings. The van der Waals surface area contributed by atoms with Crippen LogP contribution in [0.4, 0.5) is 22.0 Å². The van der Waals surface area contributed by atoms with Gasteiger partial charge >= 0.3 is 6.18 Å². The molecule has 12 heteroatoms. The minimum absolute atomic E-state index is 0.0203. The van der Waals surface area contributed by atoms with Gasteiger partial charge < -0.3 is 24.9 Å². The summed E-state index contributed by atoms with van der Waals surface area (Å²) in [6.45, 7) is -0.387. The van der Waals surface area contributed by atoms with Crippen LogP contribution in [-0.4, -0.2) is 49.3 Å². The van der Waals surface area contributed by atoms with Gasteiger partial charge in [-0.2, -0.15) is 13.2 Å². The summed E-state index contributed by atoms with van der Waals surface area (Å²) < 4.78 is 80.7. The van der Waals surface area contributed by atoms with Crippen molar-refractivity contribution in [3.63, 3.8) is 0 Å². The van der Waals surface area contributed by atoms with E-state index in [1.807, 2.05) is 0 Å². The first-order valence-electron chi connectivity index (χ1n) is 8.95. The normalized spacial score (nSPS) is 19.4. The second-order valence-electron chi connectivity index (χ2n) is 6.66. The van der Waals surface area contributed by atoms with Crippen molar-refractivity contribution in [1.82, 2.24) is 4.98 Å². The number of ether oxygens (including phenoxy) is 3. The van der Waals surface area contributed by atoms with Crippen molar-refractivity contribution in [2.45, 2.75) is 24.8 Å². The lowest BCUT2D eigenvalue weighted by Gasteiger charge is -2.28. The van der Waals surface area contributed by atoms with Gasteiger partial charge in [0, 0.05) is 5.56 Å². The number of H-pyrrole nitrogens is 1. The van der Waals surface area contributed by atoms with Gasteiger partial charge in [0.15, 0.2) is 0 Å². The van der Waals surface area contributed by atoms with Crippen LogP contribution < -0.4 is 16.0 Å². The third kappa shape index (κ3) is 5.39. The zero-order chi connectivity index (χ0) is 22.8. The van der Waals surface area contributed by atoms with Crippen molar-refractivity contribution in [2.24, 2.45) is 5.73 Å². The van der Waals surface area contributed by atoms with E-state index in [2.05, 4.69) is 0 Å². The Morgan fingerprint density at radius 2 is 1.87 bits per heavy atom. The minimum Gasteiger partial charge on any atom is -0.491 e. The van der Waals surface area contributed by atoms with E-state index in [0.29, 0.717) is 0 Å². The van der Waals surface area contributed by atoms with Gasteiger partial charge in [-0.05, 0) is 23.8 Å². The van der Waals surface area contributed by atoms with E-state index in [-0.39, 0.29) is 31.1 Å². The molecule has 31 heavy (non-hydrogen) atoms. The topological polar surface area (TPSA) is 104 Å². The zero-order valence-corrected chi connectivity index (χ0v) is 15.7. The average Bonchev–Trinajstić information content (AvgIpc) is 2.72. The Bertz CT molecular complexity index is 983. The standard InChI is InChI=1S/C19H17F5N2O5/c20-16(21)14-8-30-11(7-31-14)6-29-10-3-1-9(2-4-10)12-5-13(17(25)27)18(28)26-15(12)19(22,23)24/h1-5,11,14,16H,6-8H2,(H2,25,27)(H,26,28). The third-order valence-corrected chi connectivity index (χ3v) is 4.46. The number of nitrogens with one attached hydrogen (secondary N) is 1. The number of aromatic nitrogens is 1. The Morgan fingerprint density at radius 3 is 2.39 bits per heavy atom. The molecule has 1 aromatic carbocycles. The van der Waals surface area contributed by atoms with Crippen LogP contribution in [0.1, 0.15) is 16.1 Å². The lowest BCUT2D eigenvalue weighted by molar-refractivity contribution is -0.179. The molecule has 168 valence electrons. The van der Waals surface area contributed by atoms with E-state index in [9.17, 15) is 31.5 Å². The number of alkyl halides is 5. The molecule has 0 radical (unpaired) electrons. The lowest BCUT2D eigenvalue weighted by Crippen LogP contribution is -2.42. The molecule has 0 spiro atoms. The maximum atomic E-state index is 13.3. The summed E-state index contributed by atoms with van der Waals surface area (Å²) in [4.78, 5) is 24.7. The smallest absolute Gasteiger partial charge is 0.431 e. The van der Waals surface area contributed by atoms with Gasteiger partial charge in [0.05, 0.1) is 13.2 Å². The van der Waals surface area contributed by atoms with Crippen molar-refractivity contribution in [1.29, 1.82) is 0 Å². The molecule has 1 amide bonds. The number of pyridine rings is 1. The molecule has 7 nitrogen and oxygen atoms in total. The number of halogens is 5. The Balaban J connectivity index is 1.75. The summed E-state index contributed by atoms with van der Waals surface area (Å²) in [7, 11) is 0. The van der Waals surface area contributed by atoms with Gasteiger partial charge in [0.25, 0.3) is 17.9 Å². The molecule has 1 aromatic heterocycles. The SMILES string of the molecule is NC(=O)c1cc(-c2ccc(OCC3COC(C(F)F)CO3)cc2)c(C(F)(F)F)[nH]c1=O. The van der Waals surface area contributed by atoms with Crippen molar-refractivity contribution in [3.05, 3.63) is 51.9 Å². The number of hydrogen-bond donors (Lipinski definition) is 2. The molecular weight excluding hydrogens is 431 g/mol. The molecule has 2 heterocycles. The van der Waals surface area contributed by atoms with Crippen molar-refractivity contribution < 1.29 is 41.0 Å². The molecule has 2 unspecified atom stereocenters. The predicted molar refractivity (Wildman–Crippen MR) is 97.0 cm³/mol. The van der Waals surface area contributed by atoms with E-state index in [0.717, 1.165) is 6.07 Å². The van der Waals surface area contributed by atoms with Crippen LogP contribution in [-0.2, 0) is 15.7 Å². The number of aromatic amines is 1. The quantitative estimate of drug-likeness (QED) is 0.662. The number of nitrogens with two attached hydrogens (primary N) is 1. The van der Waals surface area contributed by atoms with Crippen LogP contribution in [0.25, 0.3) is 11.1 Å². The first-order valence-corrected chi connectivity index (χ1v) is 8.95. The summed E-state index contributed by atoms with van der Waals surface area (Å²) in [5, 5.41) is 0. The second kappa shape index (κ2) is 9.02. The molecule has 1 fully saturated rings. The van der Waals surface area contributed by atoms with E-state index in [1.54, 1.807) is 4.98 Å².